The van der Waals surface area contributed by atoms with Crippen LogP contribution in [-0.2, 0) is 16.0 Å². The molecule has 17 heavy (non-hydrogen) atoms. The predicted octanol–water partition coefficient (Wildman–Crippen LogP) is 2.92. The molecule has 0 spiro atoms. The van der Waals surface area contributed by atoms with Crippen molar-refractivity contribution in [1.82, 2.24) is 0 Å². The molecule has 2 rings (SSSR count). The maximum Gasteiger partial charge on any atom is 0.293 e. The van der Waals surface area contributed by atoms with Crippen LogP contribution in [0.25, 0.3) is 0 Å². The number of hydrogen-bond donors (Lipinski definition) is 0. The van der Waals surface area contributed by atoms with E-state index in [1.807, 2.05) is 19.1 Å². The van der Waals surface area contributed by atoms with Gasteiger partial charge in [-0.15, -0.1) is 0 Å². The molecule has 0 radical (unpaired) electrons. The number of benzene rings is 1. The Hall–Kier alpha value is -1.04. The van der Waals surface area contributed by atoms with Gasteiger partial charge in [0.15, 0.2) is 0 Å². The monoisotopic (exact) mass is 344 g/mol. The first-order valence-electron chi connectivity index (χ1n) is 5.40. The number of halogens is 1. The average Bonchev–Trinajstić information content (AvgIpc) is 2.35. The van der Waals surface area contributed by atoms with Crippen molar-refractivity contribution in [2.24, 2.45) is 5.92 Å². The van der Waals surface area contributed by atoms with Gasteiger partial charge in [-0.25, -0.2) is 0 Å². The summed E-state index contributed by atoms with van der Waals surface area (Å²) in [5.41, 5.74) is 2.34. The van der Waals surface area contributed by atoms with Gasteiger partial charge in [0.25, 0.3) is 6.47 Å². The topological polar surface area (TPSA) is 35.5 Å². The van der Waals surface area contributed by atoms with Crippen molar-refractivity contribution < 1.29 is 14.3 Å². The highest BCUT2D eigenvalue weighted by atomic mass is 127. The molecule has 1 unspecified atom stereocenters. The highest BCUT2D eigenvalue weighted by Gasteiger charge is 2.17. The molecular formula is C13H13IO3. The van der Waals surface area contributed by atoms with E-state index in [2.05, 4.69) is 28.7 Å². The number of fused-ring (bicyclic) bond motifs is 1. The van der Waals surface area contributed by atoms with Crippen LogP contribution >= 0.6 is 22.6 Å². The fourth-order valence-corrected chi connectivity index (χ4v) is 2.34. The van der Waals surface area contributed by atoms with E-state index < -0.39 is 0 Å². The van der Waals surface area contributed by atoms with Crippen LogP contribution in [0, 0.1) is 9.49 Å². The van der Waals surface area contributed by atoms with E-state index in [1.54, 1.807) is 6.26 Å². The second-order valence-corrected chi connectivity index (χ2v) is 5.32. The van der Waals surface area contributed by atoms with Gasteiger partial charge in [0.2, 0.25) is 0 Å². The molecule has 0 fully saturated rings. The van der Waals surface area contributed by atoms with Crippen molar-refractivity contribution in [3.8, 4) is 5.75 Å². The van der Waals surface area contributed by atoms with Gasteiger partial charge in [0, 0.05) is 15.9 Å². The number of ether oxygens (including phenoxy) is 2. The van der Waals surface area contributed by atoms with E-state index in [0.29, 0.717) is 13.1 Å². The molecule has 0 aromatic heterocycles. The van der Waals surface area contributed by atoms with Gasteiger partial charge in [0.05, 0.1) is 12.9 Å². The quantitative estimate of drug-likeness (QED) is 0.622. The summed E-state index contributed by atoms with van der Waals surface area (Å²) in [6.45, 7) is 2.91. The number of carbonyl (C=O) groups is 1. The number of carbonyl (C=O) groups excluding carboxylic acids is 1. The van der Waals surface area contributed by atoms with Crippen molar-refractivity contribution in [1.29, 1.82) is 0 Å². The lowest BCUT2D eigenvalue weighted by molar-refractivity contribution is -0.129. The van der Waals surface area contributed by atoms with Crippen molar-refractivity contribution in [2.45, 2.75) is 13.3 Å². The van der Waals surface area contributed by atoms with Crippen LogP contribution in [0.5, 0.6) is 5.75 Å². The van der Waals surface area contributed by atoms with E-state index in [4.69, 9.17) is 9.47 Å². The summed E-state index contributed by atoms with van der Waals surface area (Å²) in [6, 6.07) is 6.13. The van der Waals surface area contributed by atoms with Crippen LogP contribution < -0.4 is 4.74 Å². The molecule has 0 bridgehead atoms. The Bertz CT molecular complexity index is 454. The van der Waals surface area contributed by atoms with Crippen LogP contribution in [-0.4, -0.2) is 13.1 Å². The first kappa shape index (κ1) is 12.4. The first-order valence-corrected chi connectivity index (χ1v) is 6.48. The van der Waals surface area contributed by atoms with Crippen molar-refractivity contribution in [3.05, 3.63) is 39.2 Å². The molecule has 0 saturated carbocycles. The number of rotatable bonds is 4. The Morgan fingerprint density at radius 1 is 1.59 bits per heavy atom. The SMILES string of the molecule is CC(COC=O)C1=COc2ccc(I)cc2C1. The van der Waals surface area contributed by atoms with Crippen LogP contribution in [0.4, 0.5) is 0 Å². The van der Waals surface area contributed by atoms with Crippen molar-refractivity contribution >= 4 is 29.1 Å². The second-order valence-electron chi connectivity index (χ2n) is 4.07. The molecular weight excluding hydrogens is 331 g/mol. The van der Waals surface area contributed by atoms with Crippen molar-refractivity contribution in [2.75, 3.05) is 6.61 Å². The molecule has 1 heterocycles. The summed E-state index contributed by atoms with van der Waals surface area (Å²) in [6.07, 6.45) is 2.63. The van der Waals surface area contributed by atoms with Gasteiger partial charge in [-0.3, -0.25) is 4.79 Å². The Morgan fingerprint density at radius 3 is 3.18 bits per heavy atom. The van der Waals surface area contributed by atoms with E-state index in [-0.39, 0.29) is 5.92 Å². The first-order chi connectivity index (χ1) is 8.20. The lowest BCUT2D eigenvalue weighted by Crippen LogP contribution is -2.14. The lowest BCUT2D eigenvalue weighted by Gasteiger charge is -2.21. The Morgan fingerprint density at radius 2 is 2.41 bits per heavy atom. The van der Waals surface area contributed by atoms with Gasteiger partial charge < -0.3 is 9.47 Å². The van der Waals surface area contributed by atoms with Crippen LogP contribution in [0.2, 0.25) is 0 Å². The third-order valence-electron chi connectivity index (χ3n) is 2.80. The zero-order valence-electron chi connectivity index (χ0n) is 9.48. The van der Waals surface area contributed by atoms with Gasteiger partial charge in [-0.1, -0.05) is 6.92 Å². The Balaban J connectivity index is 2.10. The van der Waals surface area contributed by atoms with Crippen molar-refractivity contribution in [3.63, 3.8) is 0 Å². The lowest BCUT2D eigenvalue weighted by atomic mass is 9.94. The molecule has 1 atom stereocenters. The van der Waals surface area contributed by atoms with Crippen LogP contribution in [0.3, 0.4) is 0 Å². The molecule has 1 aromatic carbocycles. The normalized spacial score (nSPS) is 15.3. The molecule has 0 amide bonds. The standard InChI is InChI=1S/C13H13IO3/c1-9(6-16-8-15)11-4-10-5-12(14)2-3-13(10)17-7-11/h2-3,5,7-9H,4,6H2,1H3. The Kier molecular flexibility index (Phi) is 4.04. The fourth-order valence-electron chi connectivity index (χ4n) is 1.78. The minimum absolute atomic E-state index is 0.186. The van der Waals surface area contributed by atoms with Gasteiger partial charge >= 0.3 is 0 Å². The summed E-state index contributed by atoms with van der Waals surface area (Å²) >= 11 is 2.29. The fraction of sp³-hybridized carbons (Fsp3) is 0.308. The average molecular weight is 344 g/mol. The Labute approximate surface area is 114 Å². The summed E-state index contributed by atoms with van der Waals surface area (Å²) < 4.78 is 11.6. The molecule has 1 aromatic rings. The smallest absolute Gasteiger partial charge is 0.293 e. The molecule has 4 heteroatoms. The van der Waals surface area contributed by atoms with E-state index in [0.717, 1.165) is 17.7 Å². The van der Waals surface area contributed by atoms with Gasteiger partial charge in [-0.2, -0.15) is 0 Å². The molecule has 0 saturated heterocycles. The maximum atomic E-state index is 10.2. The number of hydrogen-bond acceptors (Lipinski definition) is 3. The van der Waals surface area contributed by atoms with Crippen LogP contribution in [0.1, 0.15) is 12.5 Å². The molecule has 1 aliphatic rings. The highest BCUT2D eigenvalue weighted by Crippen LogP contribution is 2.30. The minimum Gasteiger partial charge on any atom is -0.467 e. The van der Waals surface area contributed by atoms with Gasteiger partial charge in [-0.05, 0) is 51.9 Å². The minimum atomic E-state index is 0.186. The third kappa shape index (κ3) is 3.00. The second kappa shape index (κ2) is 5.53. The zero-order valence-corrected chi connectivity index (χ0v) is 11.6. The predicted molar refractivity (Wildman–Crippen MR) is 72.8 cm³/mol. The van der Waals surface area contributed by atoms with E-state index in [9.17, 15) is 4.79 Å². The summed E-state index contributed by atoms with van der Waals surface area (Å²) in [4.78, 5) is 10.2. The summed E-state index contributed by atoms with van der Waals surface area (Å²) in [5, 5.41) is 0. The summed E-state index contributed by atoms with van der Waals surface area (Å²) in [7, 11) is 0. The van der Waals surface area contributed by atoms with Gasteiger partial charge in [0.1, 0.15) is 5.75 Å². The summed E-state index contributed by atoms with van der Waals surface area (Å²) in [5.74, 6) is 1.10. The van der Waals surface area contributed by atoms with E-state index >= 15 is 0 Å². The third-order valence-corrected chi connectivity index (χ3v) is 3.47. The van der Waals surface area contributed by atoms with Crippen LogP contribution in [0.15, 0.2) is 30.0 Å². The highest BCUT2D eigenvalue weighted by molar-refractivity contribution is 14.1. The zero-order chi connectivity index (χ0) is 12.3. The van der Waals surface area contributed by atoms with E-state index in [1.165, 1.54) is 9.13 Å². The molecule has 1 aliphatic heterocycles. The molecule has 0 aliphatic carbocycles. The largest absolute Gasteiger partial charge is 0.467 e. The maximum absolute atomic E-state index is 10.2. The molecule has 90 valence electrons. The molecule has 3 nitrogen and oxygen atoms in total. The molecule has 0 N–H and O–H groups in total.